The molecule has 0 radical (unpaired) electrons. The summed E-state index contributed by atoms with van der Waals surface area (Å²) < 4.78 is 19.4. The maximum absolute atomic E-state index is 13.8. The van der Waals surface area contributed by atoms with Crippen molar-refractivity contribution in [2.75, 3.05) is 33.8 Å². The Labute approximate surface area is 122 Å². The van der Waals surface area contributed by atoms with Crippen LogP contribution < -0.4 is 5.32 Å². The Morgan fingerprint density at radius 2 is 2.00 bits per heavy atom. The molecule has 1 rings (SSSR count). The summed E-state index contributed by atoms with van der Waals surface area (Å²) in [6.07, 6.45) is 3.11. The smallest absolute Gasteiger partial charge is 0.150 e. The average molecular weight is 284 g/mol. The van der Waals surface area contributed by atoms with Crippen LogP contribution in [0.5, 0.6) is 0 Å². The third-order valence-corrected chi connectivity index (χ3v) is 3.40. The summed E-state index contributed by atoms with van der Waals surface area (Å²) in [6, 6.07) is 0.276. The summed E-state index contributed by atoms with van der Waals surface area (Å²) in [6.45, 7) is 8.79. The van der Waals surface area contributed by atoms with Crippen LogP contribution in [0, 0.1) is 5.92 Å². The van der Waals surface area contributed by atoms with Crippen LogP contribution >= 0.6 is 0 Å². The molecule has 20 heavy (non-hydrogen) atoms. The number of rotatable bonds is 8. The molecule has 0 heterocycles. The van der Waals surface area contributed by atoms with Crippen LogP contribution in [-0.4, -0.2) is 44.7 Å². The molecule has 0 unspecified atom stereocenters. The number of hydrogen-bond acceptors (Lipinski definition) is 3. The maximum atomic E-state index is 13.8. The molecule has 0 amide bonds. The van der Waals surface area contributed by atoms with Crippen molar-refractivity contribution in [2.24, 2.45) is 5.92 Å². The van der Waals surface area contributed by atoms with Crippen LogP contribution in [0.15, 0.2) is 23.2 Å². The molecule has 116 valence electrons. The average Bonchev–Trinajstić information content (AvgIpc) is 2.37. The summed E-state index contributed by atoms with van der Waals surface area (Å²) in [4.78, 5) is 2.03. The number of nitrogens with one attached hydrogen (secondary N) is 1. The second-order valence-electron chi connectivity index (χ2n) is 6.16. The molecule has 0 saturated heterocycles. The van der Waals surface area contributed by atoms with Gasteiger partial charge in [0.2, 0.25) is 0 Å². The van der Waals surface area contributed by atoms with Crippen molar-refractivity contribution < 1.29 is 9.13 Å². The first kappa shape index (κ1) is 17.2. The van der Waals surface area contributed by atoms with Crippen LogP contribution in [-0.2, 0) is 4.74 Å². The van der Waals surface area contributed by atoms with Gasteiger partial charge in [-0.25, -0.2) is 4.39 Å². The van der Waals surface area contributed by atoms with Gasteiger partial charge in [-0.1, -0.05) is 13.8 Å². The predicted molar refractivity (Wildman–Crippen MR) is 82.3 cm³/mol. The van der Waals surface area contributed by atoms with Gasteiger partial charge in [0.05, 0.1) is 0 Å². The lowest BCUT2D eigenvalue weighted by atomic mass is 9.97. The number of ether oxygens (including phenoxy) is 1. The van der Waals surface area contributed by atoms with E-state index in [2.05, 4.69) is 26.1 Å². The van der Waals surface area contributed by atoms with Crippen LogP contribution in [0.4, 0.5) is 4.39 Å². The topological polar surface area (TPSA) is 24.5 Å². The minimum atomic E-state index is -0.122. The lowest BCUT2D eigenvalue weighted by Crippen LogP contribution is -2.32. The highest BCUT2D eigenvalue weighted by atomic mass is 19.1. The molecule has 1 N–H and O–H groups in total. The Balaban J connectivity index is 2.56. The first-order valence-electron chi connectivity index (χ1n) is 7.50. The molecule has 0 saturated carbocycles. The van der Waals surface area contributed by atoms with Crippen LogP contribution in [0.2, 0.25) is 0 Å². The summed E-state index contributed by atoms with van der Waals surface area (Å²) in [5, 5.41) is 3.48. The molecule has 3 nitrogen and oxygen atoms in total. The molecular formula is C16H29FN2O. The zero-order chi connectivity index (χ0) is 15.1. The number of nitrogens with zero attached hydrogens (tertiary/aromatic N) is 1. The quantitative estimate of drug-likeness (QED) is 0.741. The van der Waals surface area contributed by atoms with E-state index in [-0.39, 0.29) is 11.9 Å². The zero-order valence-corrected chi connectivity index (χ0v) is 13.5. The molecular weight excluding hydrogens is 255 g/mol. The van der Waals surface area contributed by atoms with Crippen LogP contribution in [0.3, 0.4) is 0 Å². The Kier molecular flexibility index (Phi) is 7.24. The predicted octanol–water partition coefficient (Wildman–Crippen LogP) is 3.10. The molecule has 0 aromatic rings. The summed E-state index contributed by atoms with van der Waals surface area (Å²) in [5.41, 5.74) is 1.23. The van der Waals surface area contributed by atoms with E-state index in [4.69, 9.17) is 4.74 Å². The standard InChI is InChI=1S/C16H29FN2O/c1-12(2)11-18-13(3)14-6-7-15(17)16(10-14)20-9-8-19(4)5/h10,12-13,18H,6-9,11H2,1-5H3/t13-/m1/s1. The summed E-state index contributed by atoms with van der Waals surface area (Å²) in [7, 11) is 3.96. The molecule has 0 spiro atoms. The monoisotopic (exact) mass is 284 g/mol. The van der Waals surface area contributed by atoms with Gasteiger partial charge in [0.1, 0.15) is 12.4 Å². The first-order chi connectivity index (χ1) is 9.40. The van der Waals surface area contributed by atoms with Crippen LogP contribution in [0.1, 0.15) is 33.6 Å². The molecule has 0 fully saturated rings. The molecule has 1 aliphatic rings. The largest absolute Gasteiger partial charge is 0.490 e. The Morgan fingerprint density at radius 1 is 1.30 bits per heavy atom. The summed E-state index contributed by atoms with van der Waals surface area (Å²) >= 11 is 0. The summed E-state index contributed by atoms with van der Waals surface area (Å²) in [5.74, 6) is 0.916. The van der Waals surface area contributed by atoms with Gasteiger partial charge in [0, 0.05) is 19.0 Å². The lowest BCUT2D eigenvalue weighted by Gasteiger charge is -2.23. The Hall–Kier alpha value is -0.870. The van der Waals surface area contributed by atoms with E-state index in [0.29, 0.717) is 24.7 Å². The zero-order valence-electron chi connectivity index (χ0n) is 13.5. The highest BCUT2D eigenvalue weighted by molar-refractivity contribution is 5.29. The molecule has 4 heteroatoms. The van der Waals surface area contributed by atoms with E-state index >= 15 is 0 Å². The van der Waals surface area contributed by atoms with Crippen molar-refractivity contribution in [2.45, 2.75) is 39.7 Å². The number of allylic oxidation sites excluding steroid dienone is 2. The Morgan fingerprint density at radius 3 is 2.60 bits per heavy atom. The van der Waals surface area contributed by atoms with E-state index in [0.717, 1.165) is 19.5 Å². The minimum Gasteiger partial charge on any atom is -0.490 e. The Bertz CT molecular complexity index is 361. The fourth-order valence-electron chi connectivity index (χ4n) is 2.04. The minimum absolute atomic E-state index is 0.122. The van der Waals surface area contributed by atoms with Gasteiger partial charge in [0.15, 0.2) is 5.76 Å². The third kappa shape index (κ3) is 6.06. The van der Waals surface area contributed by atoms with Crippen molar-refractivity contribution in [1.29, 1.82) is 0 Å². The van der Waals surface area contributed by atoms with Crippen molar-refractivity contribution in [1.82, 2.24) is 10.2 Å². The maximum Gasteiger partial charge on any atom is 0.150 e. The molecule has 1 aliphatic carbocycles. The molecule has 0 aliphatic heterocycles. The van der Waals surface area contributed by atoms with Gasteiger partial charge in [-0.05, 0) is 51.6 Å². The van der Waals surface area contributed by atoms with Gasteiger partial charge in [-0.2, -0.15) is 0 Å². The lowest BCUT2D eigenvalue weighted by molar-refractivity contribution is 0.182. The molecule has 0 aromatic heterocycles. The van der Waals surface area contributed by atoms with Crippen molar-refractivity contribution >= 4 is 0 Å². The van der Waals surface area contributed by atoms with E-state index in [1.165, 1.54) is 5.57 Å². The van der Waals surface area contributed by atoms with Gasteiger partial charge < -0.3 is 15.0 Å². The van der Waals surface area contributed by atoms with Gasteiger partial charge >= 0.3 is 0 Å². The highest BCUT2D eigenvalue weighted by Gasteiger charge is 2.18. The van der Waals surface area contributed by atoms with E-state index in [1.807, 2.05) is 25.1 Å². The van der Waals surface area contributed by atoms with E-state index in [1.54, 1.807) is 0 Å². The van der Waals surface area contributed by atoms with E-state index < -0.39 is 0 Å². The SMILES string of the molecule is CC(C)CN[C@H](C)C1=CC(OCCN(C)C)=C(F)CC1. The fourth-order valence-corrected chi connectivity index (χ4v) is 2.04. The number of halogens is 1. The van der Waals surface area contributed by atoms with Gasteiger partial charge in [0.25, 0.3) is 0 Å². The number of likely N-dealkylation sites (N-methyl/N-ethyl adjacent to an activating group) is 1. The normalized spacial score (nSPS) is 17.7. The molecule has 0 aromatic carbocycles. The number of hydrogen-bond donors (Lipinski definition) is 1. The molecule has 1 atom stereocenters. The van der Waals surface area contributed by atoms with Crippen molar-refractivity contribution in [3.63, 3.8) is 0 Å². The fraction of sp³-hybridized carbons (Fsp3) is 0.750. The molecule has 0 bridgehead atoms. The first-order valence-corrected chi connectivity index (χ1v) is 7.50. The second kappa shape index (κ2) is 8.42. The van der Waals surface area contributed by atoms with Gasteiger partial charge in [-0.15, -0.1) is 0 Å². The second-order valence-corrected chi connectivity index (χ2v) is 6.16. The van der Waals surface area contributed by atoms with Crippen molar-refractivity contribution in [3.8, 4) is 0 Å². The highest BCUT2D eigenvalue weighted by Crippen LogP contribution is 2.27. The third-order valence-electron chi connectivity index (χ3n) is 3.40. The van der Waals surface area contributed by atoms with Crippen molar-refractivity contribution in [3.05, 3.63) is 23.2 Å². The van der Waals surface area contributed by atoms with Gasteiger partial charge in [-0.3, -0.25) is 0 Å². The van der Waals surface area contributed by atoms with E-state index in [9.17, 15) is 4.39 Å². The van der Waals surface area contributed by atoms with Crippen LogP contribution in [0.25, 0.3) is 0 Å².